The van der Waals surface area contributed by atoms with Gasteiger partial charge in [0.1, 0.15) is 5.82 Å². The number of hydrogen-bond donors (Lipinski definition) is 1. The summed E-state index contributed by atoms with van der Waals surface area (Å²) in [6.45, 7) is 3.30. The predicted molar refractivity (Wildman–Crippen MR) is 114 cm³/mol. The zero-order valence-electron chi connectivity index (χ0n) is 17.0. The number of hydrogen-bond acceptors (Lipinski definition) is 5. The Morgan fingerprint density at radius 3 is 2.72 bits per heavy atom. The van der Waals surface area contributed by atoms with Gasteiger partial charge in [-0.05, 0) is 44.7 Å². The molecule has 0 spiro atoms. The van der Waals surface area contributed by atoms with E-state index in [1.54, 1.807) is 0 Å². The Morgan fingerprint density at radius 2 is 2.00 bits per heavy atom. The summed E-state index contributed by atoms with van der Waals surface area (Å²) in [6.07, 6.45) is 8.38. The minimum atomic E-state index is -0.248. The number of para-hydroxylation sites is 1. The van der Waals surface area contributed by atoms with E-state index >= 15 is 0 Å². The van der Waals surface area contributed by atoms with Crippen LogP contribution in [-0.2, 0) is 9.53 Å². The minimum Gasteiger partial charge on any atom is -0.376 e. The lowest BCUT2D eigenvalue weighted by atomic mass is 9.88. The van der Waals surface area contributed by atoms with Gasteiger partial charge in [0, 0.05) is 19.1 Å². The van der Waals surface area contributed by atoms with Gasteiger partial charge in [-0.1, -0.05) is 49.2 Å². The summed E-state index contributed by atoms with van der Waals surface area (Å²) < 4.78 is 7.57. The van der Waals surface area contributed by atoms with E-state index in [2.05, 4.69) is 17.4 Å². The normalized spacial score (nSPS) is 21.2. The lowest BCUT2D eigenvalue weighted by Crippen LogP contribution is -2.36. The molecule has 29 heavy (non-hydrogen) atoms. The molecule has 1 aromatic heterocycles. The average Bonchev–Trinajstić information content (AvgIpc) is 3.43. The summed E-state index contributed by atoms with van der Waals surface area (Å²) in [4.78, 5) is 17.4. The topological polar surface area (TPSA) is 69.0 Å². The molecule has 0 radical (unpaired) electrons. The van der Waals surface area contributed by atoms with Gasteiger partial charge in [-0.15, -0.1) is 5.10 Å². The Kier molecular flexibility index (Phi) is 6.87. The van der Waals surface area contributed by atoms with Gasteiger partial charge in [0.05, 0.1) is 17.0 Å². The zero-order chi connectivity index (χ0) is 20.1. The number of thioether (sulfide) groups is 1. The van der Waals surface area contributed by atoms with Crippen LogP contribution in [0.25, 0.3) is 5.69 Å². The van der Waals surface area contributed by atoms with E-state index in [4.69, 9.17) is 14.8 Å². The Balaban J connectivity index is 1.46. The summed E-state index contributed by atoms with van der Waals surface area (Å²) in [5.41, 5.74) is 1.03. The lowest BCUT2D eigenvalue weighted by Gasteiger charge is -2.21. The molecule has 0 unspecified atom stereocenters. The van der Waals surface area contributed by atoms with Crippen molar-refractivity contribution in [1.82, 2.24) is 20.1 Å². The molecule has 2 atom stereocenters. The smallest absolute Gasteiger partial charge is 0.233 e. The van der Waals surface area contributed by atoms with Gasteiger partial charge < -0.3 is 10.1 Å². The van der Waals surface area contributed by atoms with E-state index < -0.39 is 0 Å². The van der Waals surface area contributed by atoms with Crippen molar-refractivity contribution in [2.24, 2.45) is 0 Å². The number of amides is 1. The average molecular weight is 415 g/mol. The van der Waals surface area contributed by atoms with Crippen molar-refractivity contribution in [1.29, 1.82) is 0 Å². The monoisotopic (exact) mass is 414 g/mol. The third-order valence-corrected chi connectivity index (χ3v) is 6.71. The first-order chi connectivity index (χ1) is 14.2. The van der Waals surface area contributed by atoms with Gasteiger partial charge in [0.25, 0.3) is 0 Å². The van der Waals surface area contributed by atoms with Crippen molar-refractivity contribution < 1.29 is 9.53 Å². The molecule has 1 aliphatic heterocycles. The maximum atomic E-state index is 12.5. The van der Waals surface area contributed by atoms with Crippen LogP contribution in [-0.4, -0.2) is 45.2 Å². The standard InChI is InChI=1S/C22H30N4O2S/c1-16(21(27)23-15-19-13-8-14-28-19)29-22-24-20(17-9-4-2-5-10-17)26(25-22)18-11-6-3-7-12-18/h3,6-7,11-12,16-17,19H,2,4-5,8-10,13-15H2,1H3,(H,23,27)/t16-,19-/m0/s1. The number of carbonyl (C=O) groups excluding carboxylic acids is 1. The molecule has 1 saturated heterocycles. The molecule has 2 aromatic rings. The Labute approximate surface area is 176 Å². The largest absolute Gasteiger partial charge is 0.376 e. The molecule has 1 aromatic carbocycles. The van der Waals surface area contributed by atoms with Crippen LogP contribution in [0.15, 0.2) is 35.5 Å². The van der Waals surface area contributed by atoms with Crippen molar-refractivity contribution in [3.63, 3.8) is 0 Å². The van der Waals surface area contributed by atoms with Crippen molar-refractivity contribution in [3.8, 4) is 5.69 Å². The van der Waals surface area contributed by atoms with Crippen LogP contribution in [0.5, 0.6) is 0 Å². The number of benzene rings is 1. The molecular formula is C22H30N4O2S. The highest BCUT2D eigenvalue weighted by Crippen LogP contribution is 2.34. The minimum absolute atomic E-state index is 0.0146. The van der Waals surface area contributed by atoms with E-state index in [-0.39, 0.29) is 17.3 Å². The van der Waals surface area contributed by atoms with E-state index in [9.17, 15) is 4.79 Å². The van der Waals surface area contributed by atoms with Crippen molar-refractivity contribution in [2.45, 2.75) is 74.3 Å². The predicted octanol–water partition coefficient (Wildman–Crippen LogP) is 4.09. The highest BCUT2D eigenvalue weighted by atomic mass is 32.2. The first kappa shape index (κ1) is 20.4. The van der Waals surface area contributed by atoms with E-state index in [1.165, 1.54) is 31.0 Å². The van der Waals surface area contributed by atoms with E-state index in [0.29, 0.717) is 17.6 Å². The third-order valence-electron chi connectivity index (χ3n) is 5.76. The van der Waals surface area contributed by atoms with Gasteiger partial charge in [-0.2, -0.15) is 0 Å². The van der Waals surface area contributed by atoms with Crippen LogP contribution in [0.1, 0.15) is 63.6 Å². The maximum absolute atomic E-state index is 12.5. The summed E-state index contributed by atoms with van der Waals surface area (Å²) in [7, 11) is 0. The van der Waals surface area contributed by atoms with Crippen molar-refractivity contribution in [2.75, 3.05) is 13.2 Å². The number of nitrogens with one attached hydrogen (secondary N) is 1. The molecule has 1 saturated carbocycles. The molecule has 1 aliphatic carbocycles. The van der Waals surface area contributed by atoms with E-state index in [0.717, 1.165) is 43.8 Å². The summed E-state index contributed by atoms with van der Waals surface area (Å²) in [6, 6.07) is 10.2. The van der Waals surface area contributed by atoms with E-state index in [1.807, 2.05) is 29.8 Å². The summed E-state index contributed by atoms with van der Waals surface area (Å²) in [5.74, 6) is 1.49. The van der Waals surface area contributed by atoms with Gasteiger partial charge in [-0.3, -0.25) is 4.79 Å². The maximum Gasteiger partial charge on any atom is 0.233 e. The quantitative estimate of drug-likeness (QED) is 0.691. The summed E-state index contributed by atoms with van der Waals surface area (Å²) >= 11 is 1.43. The molecule has 2 heterocycles. The van der Waals surface area contributed by atoms with Crippen LogP contribution in [0, 0.1) is 0 Å². The molecule has 1 N–H and O–H groups in total. The van der Waals surface area contributed by atoms with Gasteiger partial charge in [-0.25, -0.2) is 9.67 Å². The Hall–Kier alpha value is -1.86. The Morgan fingerprint density at radius 1 is 1.21 bits per heavy atom. The molecule has 6 nitrogen and oxygen atoms in total. The molecule has 2 fully saturated rings. The molecule has 7 heteroatoms. The Bertz CT molecular complexity index is 798. The fourth-order valence-electron chi connectivity index (χ4n) is 4.11. The highest BCUT2D eigenvalue weighted by molar-refractivity contribution is 8.00. The lowest BCUT2D eigenvalue weighted by molar-refractivity contribution is -0.120. The van der Waals surface area contributed by atoms with Crippen LogP contribution < -0.4 is 5.32 Å². The van der Waals surface area contributed by atoms with Crippen LogP contribution in [0.4, 0.5) is 0 Å². The zero-order valence-corrected chi connectivity index (χ0v) is 17.9. The second-order valence-electron chi connectivity index (χ2n) is 7.98. The molecule has 0 bridgehead atoms. The van der Waals surface area contributed by atoms with Gasteiger partial charge >= 0.3 is 0 Å². The first-order valence-electron chi connectivity index (χ1n) is 10.8. The van der Waals surface area contributed by atoms with Crippen LogP contribution >= 0.6 is 11.8 Å². The van der Waals surface area contributed by atoms with Crippen LogP contribution in [0.3, 0.4) is 0 Å². The fourth-order valence-corrected chi connectivity index (χ4v) is 4.90. The number of ether oxygens (including phenoxy) is 1. The van der Waals surface area contributed by atoms with Gasteiger partial charge in [0.2, 0.25) is 11.1 Å². The van der Waals surface area contributed by atoms with Crippen molar-refractivity contribution in [3.05, 3.63) is 36.2 Å². The first-order valence-corrected chi connectivity index (χ1v) is 11.7. The second-order valence-corrected chi connectivity index (χ2v) is 9.28. The number of carbonyl (C=O) groups is 1. The fraction of sp³-hybridized carbons (Fsp3) is 0.591. The van der Waals surface area contributed by atoms with Crippen molar-refractivity contribution >= 4 is 17.7 Å². The molecular weight excluding hydrogens is 384 g/mol. The summed E-state index contributed by atoms with van der Waals surface area (Å²) in [5, 5.41) is 8.22. The highest BCUT2D eigenvalue weighted by Gasteiger charge is 2.25. The molecule has 2 aliphatic rings. The SMILES string of the molecule is C[C@H](Sc1nc(C2CCCCC2)n(-c2ccccc2)n1)C(=O)NC[C@@H]1CCCO1. The molecule has 156 valence electrons. The van der Waals surface area contributed by atoms with Crippen LogP contribution in [0.2, 0.25) is 0 Å². The number of rotatable bonds is 7. The van der Waals surface area contributed by atoms with Gasteiger partial charge in [0.15, 0.2) is 0 Å². The second kappa shape index (κ2) is 9.76. The number of nitrogens with zero attached hydrogens (tertiary/aromatic N) is 3. The molecule has 1 amide bonds. The third kappa shape index (κ3) is 5.20. The number of aromatic nitrogens is 3. The molecule has 4 rings (SSSR count).